The van der Waals surface area contributed by atoms with Crippen molar-refractivity contribution in [3.05, 3.63) is 69.4 Å². The van der Waals surface area contributed by atoms with Crippen LogP contribution in [0.2, 0.25) is 0 Å². The molecule has 26 heavy (non-hydrogen) atoms. The Morgan fingerprint density at radius 3 is 2.81 bits per heavy atom. The Kier molecular flexibility index (Phi) is 4.88. The molecular weight excluding hydrogens is 334 g/mol. The second kappa shape index (κ2) is 7.26. The van der Waals surface area contributed by atoms with Crippen LogP contribution in [0, 0.1) is 17.0 Å². The maximum atomic E-state index is 12.3. The molecule has 2 N–H and O–H groups in total. The third-order valence-electron chi connectivity index (χ3n) is 4.24. The lowest BCUT2D eigenvalue weighted by Crippen LogP contribution is -2.25. The Hall–Kier alpha value is -3.35. The number of nitrogens with zero attached hydrogens (tertiary/aromatic N) is 1. The van der Waals surface area contributed by atoms with Gasteiger partial charge in [-0.3, -0.25) is 14.9 Å². The number of carbonyl (C=O) groups is 1. The van der Waals surface area contributed by atoms with Gasteiger partial charge in [0.15, 0.2) is 5.75 Å². The number of benzene rings is 2. The normalized spacial score (nSPS) is 10.7. The highest BCUT2D eigenvalue weighted by atomic mass is 16.6. The number of hydrogen-bond donors (Lipinski definition) is 2. The number of amides is 1. The van der Waals surface area contributed by atoms with E-state index in [0.717, 1.165) is 16.5 Å². The number of nitro benzene ring substituents is 1. The van der Waals surface area contributed by atoms with Gasteiger partial charge in [0.2, 0.25) is 0 Å². The fraction of sp³-hybridized carbons (Fsp3) is 0.211. The van der Waals surface area contributed by atoms with Crippen LogP contribution < -0.4 is 10.1 Å². The Balaban J connectivity index is 1.68. The van der Waals surface area contributed by atoms with Crippen molar-refractivity contribution < 1.29 is 14.5 Å². The number of nitro groups is 1. The molecule has 1 amide bonds. The Bertz CT molecular complexity index is 978. The van der Waals surface area contributed by atoms with Crippen LogP contribution in [0.5, 0.6) is 5.75 Å². The quantitative estimate of drug-likeness (QED) is 0.524. The lowest BCUT2D eigenvalue weighted by atomic mass is 10.1. The number of fused-ring (bicyclic) bond motifs is 1. The molecule has 7 nitrogen and oxygen atoms in total. The lowest BCUT2D eigenvalue weighted by Gasteiger charge is -2.07. The largest absolute Gasteiger partial charge is 0.490 e. The van der Waals surface area contributed by atoms with Crippen molar-refractivity contribution in [2.45, 2.75) is 13.3 Å². The van der Waals surface area contributed by atoms with Gasteiger partial charge < -0.3 is 15.0 Å². The summed E-state index contributed by atoms with van der Waals surface area (Å²) in [5, 5.41) is 15.0. The number of hydrogen-bond acceptors (Lipinski definition) is 4. The highest BCUT2D eigenvalue weighted by molar-refractivity contribution is 5.95. The standard InChI is InChI=1S/C19H19N3O4/c1-12-3-5-16-15(9-12)14(11-21-16)7-8-20-19(23)13-4-6-18(26-2)17(10-13)22(24)25/h3-6,9-11,21H,7-8H2,1-2H3,(H,20,23). The second-order valence-corrected chi connectivity index (χ2v) is 6.01. The first-order valence-electron chi connectivity index (χ1n) is 8.17. The second-order valence-electron chi connectivity index (χ2n) is 6.01. The van der Waals surface area contributed by atoms with Crippen LogP contribution >= 0.6 is 0 Å². The van der Waals surface area contributed by atoms with Crippen LogP contribution in [0.25, 0.3) is 10.9 Å². The number of rotatable bonds is 6. The van der Waals surface area contributed by atoms with Gasteiger partial charge in [-0.05, 0) is 43.2 Å². The van der Waals surface area contributed by atoms with E-state index in [2.05, 4.69) is 16.4 Å². The molecule has 0 unspecified atom stereocenters. The maximum Gasteiger partial charge on any atom is 0.311 e. The van der Waals surface area contributed by atoms with E-state index in [4.69, 9.17) is 4.74 Å². The minimum absolute atomic E-state index is 0.126. The van der Waals surface area contributed by atoms with E-state index in [1.54, 1.807) is 0 Å². The molecular formula is C19H19N3O4. The van der Waals surface area contributed by atoms with E-state index in [1.807, 2.05) is 25.3 Å². The van der Waals surface area contributed by atoms with E-state index in [-0.39, 0.29) is 22.9 Å². The monoisotopic (exact) mass is 353 g/mol. The Morgan fingerprint density at radius 1 is 1.27 bits per heavy atom. The molecule has 1 heterocycles. The molecule has 0 saturated carbocycles. The number of carbonyl (C=O) groups excluding carboxylic acids is 1. The van der Waals surface area contributed by atoms with Gasteiger partial charge in [-0.25, -0.2) is 0 Å². The molecule has 0 bridgehead atoms. The first kappa shape index (κ1) is 17.5. The van der Waals surface area contributed by atoms with E-state index in [9.17, 15) is 14.9 Å². The SMILES string of the molecule is COc1ccc(C(=O)NCCc2c[nH]c3ccc(C)cc23)cc1[N+](=O)[O-]. The minimum atomic E-state index is -0.566. The average Bonchev–Trinajstić information content (AvgIpc) is 3.03. The molecule has 0 fully saturated rings. The van der Waals surface area contributed by atoms with Crippen molar-refractivity contribution in [2.75, 3.05) is 13.7 Å². The predicted molar refractivity (Wildman–Crippen MR) is 98.7 cm³/mol. The number of H-pyrrole nitrogens is 1. The van der Waals surface area contributed by atoms with Gasteiger partial charge in [0.25, 0.3) is 5.91 Å². The molecule has 3 aromatic rings. The zero-order chi connectivity index (χ0) is 18.7. The molecule has 1 aromatic heterocycles. The first-order chi connectivity index (χ1) is 12.5. The third-order valence-corrected chi connectivity index (χ3v) is 4.24. The fourth-order valence-corrected chi connectivity index (χ4v) is 2.89. The van der Waals surface area contributed by atoms with Gasteiger partial charge in [-0.15, -0.1) is 0 Å². The smallest absolute Gasteiger partial charge is 0.311 e. The van der Waals surface area contributed by atoms with Gasteiger partial charge in [0, 0.05) is 35.3 Å². The van der Waals surface area contributed by atoms with Crippen molar-refractivity contribution in [2.24, 2.45) is 0 Å². The van der Waals surface area contributed by atoms with Crippen molar-refractivity contribution >= 4 is 22.5 Å². The summed E-state index contributed by atoms with van der Waals surface area (Å²) in [5.41, 5.74) is 3.35. The van der Waals surface area contributed by atoms with E-state index < -0.39 is 4.92 Å². The average molecular weight is 353 g/mol. The van der Waals surface area contributed by atoms with Crippen molar-refractivity contribution in [1.82, 2.24) is 10.3 Å². The zero-order valence-corrected chi connectivity index (χ0v) is 14.5. The van der Waals surface area contributed by atoms with Crippen molar-refractivity contribution in [3.8, 4) is 5.75 Å². The predicted octanol–water partition coefficient (Wildman–Crippen LogP) is 3.37. The Labute approximate surface area is 150 Å². The molecule has 0 atom stereocenters. The van der Waals surface area contributed by atoms with Crippen molar-refractivity contribution in [1.29, 1.82) is 0 Å². The van der Waals surface area contributed by atoms with Gasteiger partial charge in [0.05, 0.1) is 12.0 Å². The summed E-state index contributed by atoms with van der Waals surface area (Å²) in [6, 6.07) is 10.3. The number of aromatic nitrogens is 1. The zero-order valence-electron chi connectivity index (χ0n) is 14.5. The molecule has 2 aromatic carbocycles. The van der Waals surface area contributed by atoms with Crippen LogP contribution in [0.3, 0.4) is 0 Å². The van der Waals surface area contributed by atoms with Gasteiger partial charge >= 0.3 is 5.69 Å². The molecule has 0 radical (unpaired) electrons. The summed E-state index contributed by atoms with van der Waals surface area (Å²) < 4.78 is 4.95. The Morgan fingerprint density at radius 2 is 2.08 bits per heavy atom. The molecule has 7 heteroatoms. The summed E-state index contributed by atoms with van der Waals surface area (Å²) >= 11 is 0. The summed E-state index contributed by atoms with van der Waals surface area (Å²) in [7, 11) is 1.35. The lowest BCUT2D eigenvalue weighted by molar-refractivity contribution is -0.385. The molecule has 0 spiro atoms. The molecule has 0 aliphatic rings. The first-order valence-corrected chi connectivity index (χ1v) is 8.17. The van der Waals surface area contributed by atoms with Crippen LogP contribution in [-0.2, 0) is 6.42 Å². The minimum Gasteiger partial charge on any atom is -0.490 e. The number of aryl methyl sites for hydroxylation is 1. The molecule has 0 aliphatic heterocycles. The van der Waals surface area contributed by atoms with Crippen molar-refractivity contribution in [3.63, 3.8) is 0 Å². The number of aromatic amines is 1. The van der Waals surface area contributed by atoms with E-state index in [1.165, 1.54) is 30.9 Å². The van der Waals surface area contributed by atoms with Crippen LogP contribution in [0.4, 0.5) is 5.69 Å². The van der Waals surface area contributed by atoms with Crippen LogP contribution in [0.15, 0.2) is 42.6 Å². The highest BCUT2D eigenvalue weighted by Gasteiger charge is 2.18. The molecule has 3 rings (SSSR count). The van der Waals surface area contributed by atoms with Gasteiger partial charge in [-0.1, -0.05) is 11.6 Å². The van der Waals surface area contributed by atoms with Gasteiger partial charge in [0.1, 0.15) is 0 Å². The molecule has 0 aliphatic carbocycles. The van der Waals surface area contributed by atoms with E-state index in [0.29, 0.717) is 13.0 Å². The molecule has 0 saturated heterocycles. The maximum absolute atomic E-state index is 12.3. The van der Waals surface area contributed by atoms with Gasteiger partial charge in [-0.2, -0.15) is 0 Å². The van der Waals surface area contributed by atoms with Crippen LogP contribution in [0.1, 0.15) is 21.5 Å². The number of ether oxygens (including phenoxy) is 1. The third kappa shape index (κ3) is 3.51. The summed E-state index contributed by atoms with van der Waals surface area (Å²) in [6.45, 7) is 2.47. The summed E-state index contributed by atoms with van der Waals surface area (Å²) in [6.07, 6.45) is 2.60. The summed E-state index contributed by atoms with van der Waals surface area (Å²) in [5.74, 6) is -0.229. The molecule has 134 valence electrons. The summed E-state index contributed by atoms with van der Waals surface area (Å²) in [4.78, 5) is 26.0. The highest BCUT2D eigenvalue weighted by Crippen LogP contribution is 2.27. The topological polar surface area (TPSA) is 97.3 Å². The fourth-order valence-electron chi connectivity index (χ4n) is 2.89. The van der Waals surface area contributed by atoms with Crippen LogP contribution in [-0.4, -0.2) is 29.5 Å². The number of methoxy groups -OCH3 is 1. The van der Waals surface area contributed by atoms with E-state index >= 15 is 0 Å². The number of nitrogens with one attached hydrogen (secondary N) is 2.